The molecule has 0 saturated heterocycles. The minimum Gasteiger partial charge on any atom is -0.326 e. The average molecular weight is 245 g/mol. The molecule has 0 bridgehead atoms. The van der Waals surface area contributed by atoms with E-state index < -0.39 is 0 Å². The summed E-state index contributed by atoms with van der Waals surface area (Å²) >= 11 is 0. The molecule has 0 radical (unpaired) electrons. The highest BCUT2D eigenvalue weighted by Crippen LogP contribution is 1.94. The average Bonchev–Trinajstić information content (AvgIpc) is 2.51. The van der Waals surface area contributed by atoms with Gasteiger partial charge in [0, 0.05) is 25.5 Å². The van der Waals surface area contributed by atoms with E-state index in [0.717, 1.165) is 5.56 Å². The summed E-state index contributed by atoms with van der Waals surface area (Å²) < 4.78 is 0. The standard InChI is InChI=1S/C7H9N.C6H8N2.C2H6/c8-6-7-4-2-1-3-5-7;7-4-6-2-1-3-8-5-6;1-2/h1-5H,6,8H2;1-3,5H,4,7H2;1-2H3. The van der Waals surface area contributed by atoms with Gasteiger partial charge in [0.15, 0.2) is 0 Å². The third kappa shape index (κ3) is 7.54. The number of hydrogen-bond acceptors (Lipinski definition) is 3. The van der Waals surface area contributed by atoms with E-state index in [0.29, 0.717) is 13.1 Å². The van der Waals surface area contributed by atoms with Crippen LogP contribution in [0.3, 0.4) is 0 Å². The number of rotatable bonds is 2. The van der Waals surface area contributed by atoms with E-state index in [4.69, 9.17) is 11.5 Å². The Morgan fingerprint density at radius 3 is 1.72 bits per heavy atom. The van der Waals surface area contributed by atoms with Crippen molar-refractivity contribution in [2.75, 3.05) is 0 Å². The summed E-state index contributed by atoms with van der Waals surface area (Å²) in [6, 6.07) is 13.8. The van der Waals surface area contributed by atoms with Crippen molar-refractivity contribution in [1.29, 1.82) is 0 Å². The number of pyridine rings is 1. The Bertz CT molecular complexity index is 334. The fraction of sp³-hybridized carbons (Fsp3) is 0.267. The van der Waals surface area contributed by atoms with E-state index in [1.165, 1.54) is 5.56 Å². The molecule has 2 aromatic rings. The highest BCUT2D eigenvalue weighted by molar-refractivity contribution is 5.13. The molecule has 0 amide bonds. The summed E-state index contributed by atoms with van der Waals surface area (Å²) in [6.45, 7) is 5.22. The maximum Gasteiger partial charge on any atom is 0.0312 e. The van der Waals surface area contributed by atoms with Crippen LogP contribution in [0.5, 0.6) is 0 Å². The predicted octanol–water partition coefficient (Wildman–Crippen LogP) is 2.71. The topological polar surface area (TPSA) is 64.9 Å². The Morgan fingerprint density at radius 1 is 0.833 bits per heavy atom. The molecule has 0 unspecified atom stereocenters. The quantitative estimate of drug-likeness (QED) is 0.855. The minimum absolute atomic E-state index is 0.577. The van der Waals surface area contributed by atoms with Crippen LogP contribution < -0.4 is 11.5 Å². The molecular weight excluding hydrogens is 222 g/mol. The molecule has 0 saturated carbocycles. The lowest BCUT2D eigenvalue weighted by molar-refractivity contribution is 1.05. The van der Waals surface area contributed by atoms with E-state index in [-0.39, 0.29) is 0 Å². The largest absolute Gasteiger partial charge is 0.326 e. The Morgan fingerprint density at radius 2 is 1.39 bits per heavy atom. The molecule has 2 rings (SSSR count). The van der Waals surface area contributed by atoms with Gasteiger partial charge in [-0.15, -0.1) is 0 Å². The smallest absolute Gasteiger partial charge is 0.0312 e. The SMILES string of the molecule is CC.NCc1ccccc1.NCc1cccnc1. The monoisotopic (exact) mass is 245 g/mol. The second-order valence-electron chi connectivity index (χ2n) is 3.26. The normalized spacial score (nSPS) is 8.44. The molecule has 0 atom stereocenters. The molecule has 3 heteroatoms. The molecule has 18 heavy (non-hydrogen) atoms. The van der Waals surface area contributed by atoms with Gasteiger partial charge in [0.25, 0.3) is 0 Å². The fourth-order valence-electron chi connectivity index (χ4n) is 1.13. The van der Waals surface area contributed by atoms with Crippen LogP contribution in [0.15, 0.2) is 54.9 Å². The van der Waals surface area contributed by atoms with Gasteiger partial charge in [-0.1, -0.05) is 50.2 Å². The molecule has 0 aliphatic rings. The van der Waals surface area contributed by atoms with Crippen molar-refractivity contribution < 1.29 is 0 Å². The van der Waals surface area contributed by atoms with Crippen molar-refractivity contribution in [3.8, 4) is 0 Å². The number of hydrogen-bond donors (Lipinski definition) is 2. The van der Waals surface area contributed by atoms with Crippen LogP contribution in [-0.2, 0) is 13.1 Å². The Hall–Kier alpha value is -1.71. The van der Waals surface area contributed by atoms with E-state index in [9.17, 15) is 0 Å². The van der Waals surface area contributed by atoms with Crippen LogP contribution in [0.4, 0.5) is 0 Å². The van der Waals surface area contributed by atoms with Crippen molar-refractivity contribution in [1.82, 2.24) is 4.98 Å². The molecule has 3 nitrogen and oxygen atoms in total. The second kappa shape index (κ2) is 11.8. The lowest BCUT2D eigenvalue weighted by Crippen LogP contribution is -1.95. The van der Waals surface area contributed by atoms with E-state index >= 15 is 0 Å². The highest BCUT2D eigenvalue weighted by Gasteiger charge is 1.81. The molecule has 4 N–H and O–H groups in total. The van der Waals surface area contributed by atoms with Gasteiger partial charge >= 0.3 is 0 Å². The van der Waals surface area contributed by atoms with Gasteiger partial charge in [-0.3, -0.25) is 4.98 Å². The molecule has 1 heterocycles. The summed E-state index contributed by atoms with van der Waals surface area (Å²) in [7, 11) is 0. The first-order valence-electron chi connectivity index (χ1n) is 6.19. The predicted molar refractivity (Wildman–Crippen MR) is 77.8 cm³/mol. The molecule has 1 aromatic carbocycles. The van der Waals surface area contributed by atoms with Crippen LogP contribution in [0.25, 0.3) is 0 Å². The molecule has 0 spiro atoms. The Kier molecular flexibility index (Phi) is 10.6. The molecular formula is C15H23N3. The highest BCUT2D eigenvalue weighted by atomic mass is 14.6. The Balaban J connectivity index is 0.000000283. The van der Waals surface area contributed by atoms with Crippen molar-refractivity contribution in [3.63, 3.8) is 0 Å². The third-order valence-corrected chi connectivity index (χ3v) is 2.04. The molecule has 0 aliphatic heterocycles. The van der Waals surface area contributed by atoms with Gasteiger partial charge in [0.05, 0.1) is 0 Å². The van der Waals surface area contributed by atoms with Crippen molar-refractivity contribution in [2.24, 2.45) is 11.5 Å². The molecule has 98 valence electrons. The van der Waals surface area contributed by atoms with Crippen LogP contribution in [0.1, 0.15) is 25.0 Å². The maximum absolute atomic E-state index is 5.35. The van der Waals surface area contributed by atoms with E-state index in [1.807, 2.05) is 56.3 Å². The molecule has 0 fully saturated rings. The summed E-state index contributed by atoms with van der Waals surface area (Å²) in [5.41, 5.74) is 12.9. The first kappa shape index (κ1) is 16.3. The maximum atomic E-state index is 5.35. The van der Waals surface area contributed by atoms with Crippen molar-refractivity contribution in [2.45, 2.75) is 26.9 Å². The van der Waals surface area contributed by atoms with Crippen LogP contribution in [0, 0.1) is 0 Å². The summed E-state index contributed by atoms with van der Waals surface area (Å²) in [6.07, 6.45) is 3.50. The van der Waals surface area contributed by atoms with Gasteiger partial charge in [0.1, 0.15) is 0 Å². The number of nitrogens with zero attached hydrogens (tertiary/aromatic N) is 1. The number of benzene rings is 1. The van der Waals surface area contributed by atoms with Crippen LogP contribution in [0.2, 0.25) is 0 Å². The summed E-state index contributed by atoms with van der Waals surface area (Å²) in [5.74, 6) is 0. The first-order valence-corrected chi connectivity index (χ1v) is 6.19. The second-order valence-corrected chi connectivity index (χ2v) is 3.26. The summed E-state index contributed by atoms with van der Waals surface area (Å²) in [5, 5.41) is 0. The van der Waals surface area contributed by atoms with Gasteiger partial charge in [-0.05, 0) is 17.2 Å². The summed E-state index contributed by atoms with van der Waals surface area (Å²) in [4.78, 5) is 3.88. The van der Waals surface area contributed by atoms with Crippen LogP contribution >= 0.6 is 0 Å². The van der Waals surface area contributed by atoms with Crippen LogP contribution in [-0.4, -0.2) is 4.98 Å². The lowest BCUT2D eigenvalue weighted by atomic mass is 10.2. The van der Waals surface area contributed by atoms with Gasteiger partial charge in [0.2, 0.25) is 0 Å². The number of aromatic nitrogens is 1. The minimum atomic E-state index is 0.577. The van der Waals surface area contributed by atoms with Gasteiger partial charge in [-0.2, -0.15) is 0 Å². The number of nitrogens with two attached hydrogens (primary N) is 2. The first-order chi connectivity index (χ1) is 8.86. The van der Waals surface area contributed by atoms with Crippen molar-refractivity contribution >= 4 is 0 Å². The fourth-order valence-corrected chi connectivity index (χ4v) is 1.13. The van der Waals surface area contributed by atoms with E-state index in [2.05, 4.69) is 4.98 Å². The zero-order valence-electron chi connectivity index (χ0n) is 11.2. The zero-order valence-corrected chi connectivity index (χ0v) is 11.2. The molecule has 0 aliphatic carbocycles. The van der Waals surface area contributed by atoms with E-state index in [1.54, 1.807) is 12.4 Å². The Labute approximate surface area is 110 Å². The zero-order chi connectivity index (χ0) is 13.6. The van der Waals surface area contributed by atoms with Crippen molar-refractivity contribution in [3.05, 3.63) is 66.0 Å². The lowest BCUT2D eigenvalue weighted by Gasteiger charge is -1.90. The van der Waals surface area contributed by atoms with Gasteiger partial charge < -0.3 is 11.5 Å². The molecule has 1 aromatic heterocycles. The van der Waals surface area contributed by atoms with Gasteiger partial charge in [-0.25, -0.2) is 0 Å². The third-order valence-electron chi connectivity index (χ3n) is 2.04.